The zero-order chi connectivity index (χ0) is 26.9. The van der Waals surface area contributed by atoms with Crippen LogP contribution in [0.3, 0.4) is 0 Å². The molecule has 2 aromatic rings. The first-order valence-corrected chi connectivity index (χ1v) is 12.6. The lowest BCUT2D eigenvalue weighted by Gasteiger charge is -2.61. The number of benzene rings is 2. The Kier molecular flexibility index (Phi) is 5.61. The predicted molar refractivity (Wildman–Crippen MR) is 135 cm³/mol. The third-order valence-corrected chi connectivity index (χ3v) is 9.08. The number of carbonyl (C=O) groups excluding carboxylic acids is 2. The highest BCUT2D eigenvalue weighted by molar-refractivity contribution is 5.88. The van der Waals surface area contributed by atoms with E-state index in [1.54, 1.807) is 24.1 Å². The van der Waals surface area contributed by atoms with E-state index >= 15 is 0 Å². The van der Waals surface area contributed by atoms with Gasteiger partial charge in [-0.3, -0.25) is 4.79 Å². The number of esters is 1. The Hall–Kier alpha value is -3.40. The number of phenolic OH excluding ortho intramolecular Hbond substituents is 1. The van der Waals surface area contributed by atoms with Crippen molar-refractivity contribution in [3.63, 3.8) is 0 Å². The molecule has 0 unspecified atom stereocenters. The second-order valence-corrected chi connectivity index (χ2v) is 10.4. The molecule has 0 aromatic heterocycles. The van der Waals surface area contributed by atoms with Crippen LogP contribution in [-0.4, -0.2) is 73.8 Å². The van der Waals surface area contributed by atoms with Crippen molar-refractivity contribution in [2.75, 3.05) is 28.4 Å². The molecule has 0 radical (unpaired) electrons. The number of phenols is 1. The summed E-state index contributed by atoms with van der Waals surface area (Å²) in [7, 11) is 6.27. The van der Waals surface area contributed by atoms with Crippen molar-refractivity contribution in [2.24, 2.45) is 0 Å². The molecule has 4 aliphatic rings. The van der Waals surface area contributed by atoms with Crippen molar-refractivity contribution >= 4 is 18.0 Å². The van der Waals surface area contributed by atoms with Gasteiger partial charge in [-0.2, -0.15) is 0 Å². The first-order valence-electron chi connectivity index (χ1n) is 12.6. The van der Waals surface area contributed by atoms with Gasteiger partial charge in [0.25, 0.3) is 0 Å². The van der Waals surface area contributed by atoms with Crippen molar-refractivity contribution < 1.29 is 38.4 Å². The fourth-order valence-electron chi connectivity index (χ4n) is 7.71. The number of aromatic hydroxyl groups is 1. The Bertz CT molecular complexity index is 1330. The number of ether oxygens (including phenoxy) is 5. The number of hydrogen-bond acceptors (Lipinski definition) is 8. The van der Waals surface area contributed by atoms with Crippen molar-refractivity contribution in [3.8, 4) is 11.5 Å². The molecule has 2 bridgehead atoms. The smallest absolute Gasteiger partial charge is 0.331 e. The van der Waals surface area contributed by atoms with E-state index in [-0.39, 0.29) is 24.5 Å². The largest absolute Gasteiger partial charge is 0.504 e. The quantitative estimate of drug-likeness (QED) is 0.457. The van der Waals surface area contributed by atoms with Crippen molar-refractivity contribution in [3.05, 3.63) is 65.2 Å². The van der Waals surface area contributed by atoms with E-state index < -0.39 is 41.0 Å². The summed E-state index contributed by atoms with van der Waals surface area (Å²) in [6.07, 6.45) is 1.66. The Morgan fingerprint density at radius 3 is 2.58 bits per heavy atom. The van der Waals surface area contributed by atoms with Crippen molar-refractivity contribution in [1.29, 1.82) is 0 Å². The summed E-state index contributed by atoms with van der Waals surface area (Å²) in [5.74, 6) is -1.87. The van der Waals surface area contributed by atoms with Gasteiger partial charge in [-0.15, -0.1) is 0 Å². The van der Waals surface area contributed by atoms with Crippen molar-refractivity contribution in [1.82, 2.24) is 4.90 Å². The Morgan fingerprint density at radius 1 is 1.13 bits per heavy atom. The molecule has 38 heavy (non-hydrogen) atoms. The number of hydrogen-bond donors (Lipinski definition) is 1. The third-order valence-electron chi connectivity index (χ3n) is 9.08. The molecule has 1 N–H and O–H groups in total. The molecule has 1 amide bonds. The lowest BCUT2D eigenvalue weighted by Crippen LogP contribution is -2.78. The molecule has 9 heteroatoms. The van der Waals surface area contributed by atoms with Crippen LogP contribution < -0.4 is 4.74 Å². The van der Waals surface area contributed by atoms with E-state index in [2.05, 4.69) is 0 Å². The highest BCUT2D eigenvalue weighted by Gasteiger charge is 2.85. The average Bonchev–Trinajstić information content (AvgIpc) is 3.38. The fraction of sp³-hybridized carbons (Fsp3) is 0.448. The van der Waals surface area contributed by atoms with E-state index in [1.165, 1.54) is 27.4 Å². The molecule has 6 rings (SSSR count). The lowest BCUT2D eigenvalue weighted by molar-refractivity contribution is -0.339. The maximum atomic E-state index is 13.5. The average molecular weight is 522 g/mol. The molecule has 2 aliphatic heterocycles. The fourth-order valence-corrected chi connectivity index (χ4v) is 7.71. The molecule has 2 aliphatic carbocycles. The van der Waals surface area contributed by atoms with Crippen LogP contribution in [-0.2, 0) is 34.0 Å². The molecule has 9 nitrogen and oxygen atoms in total. The van der Waals surface area contributed by atoms with Gasteiger partial charge >= 0.3 is 5.97 Å². The minimum atomic E-state index is -1.46. The number of nitrogens with zero attached hydrogens (tertiary/aromatic N) is 1. The van der Waals surface area contributed by atoms with E-state index in [4.69, 9.17) is 23.7 Å². The first kappa shape index (κ1) is 24.9. The molecule has 6 atom stereocenters. The molecule has 200 valence electrons. The molecular weight excluding hydrogens is 490 g/mol. The molecule has 3 fully saturated rings. The molecule has 2 heterocycles. The maximum absolute atomic E-state index is 13.5. The zero-order valence-electron chi connectivity index (χ0n) is 21.8. The summed E-state index contributed by atoms with van der Waals surface area (Å²) in [5, 5.41) is 11.5. The second kappa shape index (κ2) is 8.56. The van der Waals surface area contributed by atoms with E-state index in [0.29, 0.717) is 17.7 Å². The minimum Gasteiger partial charge on any atom is -0.504 e. The summed E-state index contributed by atoms with van der Waals surface area (Å²) < 4.78 is 30.4. The molecule has 2 aromatic carbocycles. The number of rotatable bonds is 6. The van der Waals surface area contributed by atoms with Crippen LogP contribution in [0.1, 0.15) is 42.1 Å². The summed E-state index contributed by atoms with van der Waals surface area (Å²) in [6, 6.07) is 13.0. The predicted octanol–water partition coefficient (Wildman–Crippen LogP) is 3.10. The number of fused-ring (bicyclic) bond motifs is 3. The molecule has 2 saturated heterocycles. The van der Waals surface area contributed by atoms with Crippen LogP contribution >= 0.6 is 0 Å². The SMILES string of the molecule is COc1ccc2c(c1O)[C@@]13CC(=O)N(C)[C@@]14C[C@@H]2O[C@]4(OC)[C@@H](OC)[C@@H](OC(=O)/C=C/c1ccccc1)C3. The topological polar surface area (TPSA) is 104 Å². The van der Waals surface area contributed by atoms with Gasteiger partial charge < -0.3 is 33.7 Å². The van der Waals surface area contributed by atoms with Crippen LogP contribution in [0.5, 0.6) is 11.5 Å². The number of methoxy groups -OCH3 is 3. The summed E-state index contributed by atoms with van der Waals surface area (Å²) in [4.78, 5) is 28.3. The van der Waals surface area contributed by atoms with Gasteiger partial charge in [0.2, 0.25) is 11.7 Å². The van der Waals surface area contributed by atoms with Crippen LogP contribution in [0.25, 0.3) is 6.08 Å². The van der Waals surface area contributed by atoms with E-state index in [0.717, 1.165) is 11.1 Å². The zero-order valence-corrected chi connectivity index (χ0v) is 21.8. The summed E-state index contributed by atoms with van der Waals surface area (Å²) in [5.41, 5.74) is 0.219. The van der Waals surface area contributed by atoms with Gasteiger partial charge in [0.15, 0.2) is 17.6 Å². The monoisotopic (exact) mass is 521 g/mol. The normalized spacial score (nSPS) is 34.8. The van der Waals surface area contributed by atoms with Gasteiger partial charge in [-0.25, -0.2) is 4.79 Å². The van der Waals surface area contributed by atoms with E-state index in [1.807, 2.05) is 36.4 Å². The number of likely N-dealkylation sites (N-methyl/N-ethyl adjacent to an activating group) is 1. The third kappa shape index (κ3) is 2.92. The van der Waals surface area contributed by atoms with Gasteiger partial charge in [0, 0.05) is 51.2 Å². The van der Waals surface area contributed by atoms with Crippen LogP contribution in [0, 0.1) is 0 Å². The minimum absolute atomic E-state index is 0.0393. The Labute approximate surface area is 220 Å². The van der Waals surface area contributed by atoms with Gasteiger partial charge in [0.1, 0.15) is 11.6 Å². The molecule has 1 saturated carbocycles. The Balaban J connectivity index is 1.50. The standard InChI is InChI=1S/C29H31NO8/c1-30-22(31)16-27-14-21(37-23(32)13-10-17-8-6-5-7-9-17)26(35-3)29(36-4)28(27,30)15-20(38-29)18-11-12-19(34-2)25(33)24(18)27/h5-13,20-21,26,33H,14-16H2,1-4H3/b13-10+/t20-,21-,26-,27+,28-,29+/m0/s1. The molecule has 1 spiro atoms. The van der Waals surface area contributed by atoms with Crippen molar-refractivity contribution in [2.45, 2.75) is 54.3 Å². The Morgan fingerprint density at radius 2 is 1.89 bits per heavy atom. The second-order valence-electron chi connectivity index (χ2n) is 10.4. The van der Waals surface area contributed by atoms with E-state index in [9.17, 15) is 14.7 Å². The number of likely N-dealkylation sites (tertiary alicyclic amines) is 1. The first-order chi connectivity index (χ1) is 18.3. The number of carbonyl (C=O) groups is 2. The van der Waals surface area contributed by atoms with Crippen LogP contribution in [0.4, 0.5) is 0 Å². The summed E-state index contributed by atoms with van der Waals surface area (Å²) in [6.45, 7) is 0. The highest BCUT2D eigenvalue weighted by Crippen LogP contribution is 2.73. The highest BCUT2D eigenvalue weighted by atomic mass is 16.7. The number of amides is 1. The lowest BCUT2D eigenvalue weighted by atomic mass is 9.50. The van der Waals surface area contributed by atoms with Gasteiger partial charge in [-0.1, -0.05) is 36.4 Å². The summed E-state index contributed by atoms with van der Waals surface area (Å²) >= 11 is 0. The molecular formula is C29H31NO8. The van der Waals surface area contributed by atoms with Gasteiger partial charge in [-0.05, 0) is 29.7 Å². The maximum Gasteiger partial charge on any atom is 0.331 e. The van der Waals surface area contributed by atoms with Crippen LogP contribution in [0.2, 0.25) is 0 Å². The van der Waals surface area contributed by atoms with Gasteiger partial charge in [0.05, 0.1) is 13.2 Å². The van der Waals surface area contributed by atoms with Crippen LogP contribution in [0.15, 0.2) is 48.5 Å².